The van der Waals surface area contributed by atoms with Crippen molar-refractivity contribution < 1.29 is 14.7 Å². The van der Waals surface area contributed by atoms with E-state index in [2.05, 4.69) is 4.98 Å². The minimum absolute atomic E-state index is 0.121. The molecule has 0 aliphatic heterocycles. The topological polar surface area (TPSA) is 70.5 Å². The Hall–Kier alpha value is -1.73. The number of aryl methyl sites for hydroxylation is 1. The van der Waals surface area contributed by atoms with Gasteiger partial charge in [-0.1, -0.05) is 6.07 Å². The highest BCUT2D eigenvalue weighted by Gasteiger charge is 2.29. The molecule has 0 spiro atoms. The Balaban J connectivity index is 2.13. The molecule has 2 aromatic heterocycles. The van der Waals surface area contributed by atoms with Crippen molar-refractivity contribution in [2.45, 2.75) is 19.4 Å². The largest absolute Gasteiger partial charge is 0.479 e. The summed E-state index contributed by atoms with van der Waals surface area (Å²) in [6, 6.07) is 2.56. The van der Waals surface area contributed by atoms with Crippen molar-refractivity contribution in [2.24, 2.45) is 0 Å². The van der Waals surface area contributed by atoms with Crippen LogP contribution in [-0.4, -0.2) is 33.9 Å². The number of carboxylic acid groups (broad SMARTS) is 1. The Bertz CT molecular complexity index is 607. The molecule has 0 saturated heterocycles. The molecule has 5 nitrogen and oxygen atoms in total. The van der Waals surface area contributed by atoms with E-state index in [4.69, 9.17) is 0 Å². The van der Waals surface area contributed by atoms with Gasteiger partial charge in [-0.25, -0.2) is 9.78 Å². The third-order valence-corrected chi connectivity index (χ3v) is 4.57. The summed E-state index contributed by atoms with van der Waals surface area (Å²) in [5, 5.41) is 13.8. The highest BCUT2D eigenvalue weighted by atomic mass is 32.1. The summed E-state index contributed by atoms with van der Waals surface area (Å²) < 4.78 is 0. The SMILES string of the molecule is Cc1nc(CC(=O)N(C)[C@@H](C(=O)O)c2cccs2)cs1. The molecule has 0 unspecified atom stereocenters. The number of thiophene rings is 1. The molecule has 1 N–H and O–H groups in total. The quantitative estimate of drug-likeness (QED) is 0.920. The zero-order chi connectivity index (χ0) is 14.7. The van der Waals surface area contributed by atoms with Gasteiger partial charge in [0.15, 0.2) is 6.04 Å². The van der Waals surface area contributed by atoms with Crippen LogP contribution in [-0.2, 0) is 16.0 Å². The fourth-order valence-corrected chi connectivity index (χ4v) is 3.31. The van der Waals surface area contributed by atoms with Crippen LogP contribution in [0.4, 0.5) is 0 Å². The summed E-state index contributed by atoms with van der Waals surface area (Å²) in [4.78, 5) is 29.7. The van der Waals surface area contributed by atoms with Gasteiger partial charge in [-0.15, -0.1) is 22.7 Å². The monoisotopic (exact) mass is 310 g/mol. The van der Waals surface area contributed by atoms with Gasteiger partial charge >= 0.3 is 5.97 Å². The van der Waals surface area contributed by atoms with Crippen LogP contribution < -0.4 is 0 Å². The number of amides is 1. The maximum Gasteiger partial charge on any atom is 0.331 e. The number of likely N-dealkylation sites (N-methyl/N-ethyl adjacent to an activating group) is 1. The fraction of sp³-hybridized carbons (Fsp3) is 0.308. The van der Waals surface area contributed by atoms with Crippen molar-refractivity contribution in [2.75, 3.05) is 7.05 Å². The number of aromatic nitrogens is 1. The molecule has 0 bridgehead atoms. The van der Waals surface area contributed by atoms with Crippen molar-refractivity contribution in [3.63, 3.8) is 0 Å². The van der Waals surface area contributed by atoms with Crippen LogP contribution in [0.3, 0.4) is 0 Å². The molecule has 0 radical (unpaired) electrons. The zero-order valence-corrected chi connectivity index (χ0v) is 12.7. The van der Waals surface area contributed by atoms with Crippen LogP contribution in [0.1, 0.15) is 21.6 Å². The molecule has 2 rings (SSSR count). The van der Waals surface area contributed by atoms with E-state index in [0.717, 1.165) is 5.01 Å². The third-order valence-electron chi connectivity index (χ3n) is 2.83. The van der Waals surface area contributed by atoms with Crippen LogP contribution >= 0.6 is 22.7 Å². The lowest BCUT2D eigenvalue weighted by molar-refractivity contribution is -0.149. The average molecular weight is 310 g/mol. The fourth-order valence-electron chi connectivity index (χ4n) is 1.84. The van der Waals surface area contributed by atoms with Crippen molar-refractivity contribution in [3.05, 3.63) is 38.5 Å². The molecule has 1 amide bonds. The zero-order valence-electron chi connectivity index (χ0n) is 11.1. The lowest BCUT2D eigenvalue weighted by Gasteiger charge is -2.23. The minimum atomic E-state index is -1.03. The molecule has 0 aromatic carbocycles. The molecule has 2 aromatic rings. The van der Waals surface area contributed by atoms with Crippen LogP contribution in [0.5, 0.6) is 0 Å². The minimum Gasteiger partial charge on any atom is -0.479 e. The van der Waals surface area contributed by atoms with Crippen molar-refractivity contribution >= 4 is 34.6 Å². The Morgan fingerprint density at radius 2 is 2.20 bits per heavy atom. The van der Waals surface area contributed by atoms with Crippen molar-refractivity contribution in [1.29, 1.82) is 0 Å². The summed E-state index contributed by atoms with van der Waals surface area (Å²) in [6.45, 7) is 1.87. The van der Waals surface area contributed by atoms with Gasteiger partial charge < -0.3 is 10.0 Å². The van der Waals surface area contributed by atoms with E-state index >= 15 is 0 Å². The van der Waals surface area contributed by atoms with Crippen LogP contribution in [0.25, 0.3) is 0 Å². The van der Waals surface area contributed by atoms with E-state index in [1.165, 1.54) is 34.6 Å². The van der Waals surface area contributed by atoms with E-state index in [9.17, 15) is 14.7 Å². The van der Waals surface area contributed by atoms with Gasteiger partial charge in [-0.3, -0.25) is 4.79 Å². The molecule has 0 aliphatic rings. The lowest BCUT2D eigenvalue weighted by Crippen LogP contribution is -2.36. The predicted molar refractivity (Wildman–Crippen MR) is 78.0 cm³/mol. The average Bonchev–Trinajstić information content (AvgIpc) is 3.01. The standard InChI is InChI=1S/C13H14N2O3S2/c1-8-14-9(7-20-8)6-11(16)15(2)12(13(17)18)10-4-3-5-19-10/h3-5,7,12H,6H2,1-2H3,(H,17,18)/t12-/m1/s1. The Morgan fingerprint density at radius 1 is 1.45 bits per heavy atom. The molecule has 0 saturated carbocycles. The molecule has 7 heteroatoms. The second-order valence-corrected chi connectivity index (χ2v) is 6.34. The Kier molecular flexibility index (Phi) is 4.51. The molecular formula is C13H14N2O3S2. The number of nitrogens with zero attached hydrogens (tertiary/aromatic N) is 2. The number of rotatable bonds is 5. The molecule has 0 fully saturated rings. The number of hydrogen-bond acceptors (Lipinski definition) is 5. The maximum atomic E-state index is 12.2. The maximum absolute atomic E-state index is 12.2. The Morgan fingerprint density at radius 3 is 2.70 bits per heavy atom. The normalized spacial score (nSPS) is 12.1. The van der Waals surface area contributed by atoms with E-state index in [-0.39, 0.29) is 12.3 Å². The predicted octanol–water partition coefficient (Wildman–Crippen LogP) is 2.34. The van der Waals surface area contributed by atoms with Gasteiger partial charge in [0.2, 0.25) is 5.91 Å². The van der Waals surface area contributed by atoms with Crippen LogP contribution in [0.15, 0.2) is 22.9 Å². The second-order valence-electron chi connectivity index (χ2n) is 4.30. The number of thiazole rings is 1. The molecular weight excluding hydrogens is 296 g/mol. The summed E-state index contributed by atoms with van der Waals surface area (Å²) in [7, 11) is 1.51. The van der Waals surface area contributed by atoms with Gasteiger partial charge in [0, 0.05) is 17.3 Å². The molecule has 0 aliphatic carbocycles. The molecule has 1 atom stereocenters. The van der Waals surface area contributed by atoms with Gasteiger partial charge in [0.1, 0.15) is 0 Å². The van der Waals surface area contributed by atoms with E-state index in [0.29, 0.717) is 10.6 Å². The summed E-state index contributed by atoms with van der Waals surface area (Å²) in [5.41, 5.74) is 0.680. The number of hydrogen-bond donors (Lipinski definition) is 1. The van der Waals surface area contributed by atoms with E-state index < -0.39 is 12.0 Å². The first-order valence-corrected chi connectivity index (χ1v) is 7.68. The first kappa shape index (κ1) is 14.7. The van der Waals surface area contributed by atoms with Gasteiger partial charge in [-0.05, 0) is 18.4 Å². The summed E-state index contributed by atoms with van der Waals surface area (Å²) >= 11 is 2.80. The number of carboxylic acids is 1. The third kappa shape index (κ3) is 3.23. The van der Waals surface area contributed by atoms with Gasteiger partial charge in [0.25, 0.3) is 0 Å². The summed E-state index contributed by atoms with van der Waals surface area (Å²) in [6.07, 6.45) is 0.121. The van der Waals surface area contributed by atoms with E-state index in [1.54, 1.807) is 17.5 Å². The van der Waals surface area contributed by atoms with Crippen LogP contribution in [0.2, 0.25) is 0 Å². The van der Waals surface area contributed by atoms with Gasteiger partial charge in [0.05, 0.1) is 17.1 Å². The highest BCUT2D eigenvalue weighted by Crippen LogP contribution is 2.25. The lowest BCUT2D eigenvalue weighted by atomic mass is 10.2. The second kappa shape index (κ2) is 6.15. The number of carbonyl (C=O) groups excluding carboxylic acids is 1. The van der Waals surface area contributed by atoms with Crippen LogP contribution in [0, 0.1) is 6.92 Å². The smallest absolute Gasteiger partial charge is 0.331 e. The molecule has 106 valence electrons. The first-order chi connectivity index (χ1) is 9.49. The molecule has 20 heavy (non-hydrogen) atoms. The van der Waals surface area contributed by atoms with Crippen molar-refractivity contribution in [1.82, 2.24) is 9.88 Å². The van der Waals surface area contributed by atoms with Gasteiger partial charge in [-0.2, -0.15) is 0 Å². The number of aliphatic carboxylic acids is 1. The van der Waals surface area contributed by atoms with E-state index in [1.807, 2.05) is 12.3 Å². The summed E-state index contributed by atoms with van der Waals surface area (Å²) in [5.74, 6) is -1.28. The number of carbonyl (C=O) groups is 2. The first-order valence-electron chi connectivity index (χ1n) is 5.92. The molecule has 2 heterocycles. The Labute approximate surface area is 124 Å². The van der Waals surface area contributed by atoms with Crippen molar-refractivity contribution in [3.8, 4) is 0 Å². The highest BCUT2D eigenvalue weighted by molar-refractivity contribution is 7.10.